The van der Waals surface area contributed by atoms with Crippen LogP contribution in [0.4, 0.5) is 4.79 Å². The molecular weight excluding hydrogens is 324 g/mol. The molecule has 0 radical (unpaired) electrons. The molecule has 2 N–H and O–H groups in total. The zero-order valence-corrected chi connectivity index (χ0v) is 12.9. The second-order valence-electron chi connectivity index (χ2n) is 5.33. The summed E-state index contributed by atoms with van der Waals surface area (Å²) >= 11 is 3.44. The van der Waals surface area contributed by atoms with E-state index in [1.165, 1.54) is 0 Å². The molecule has 2 aliphatic heterocycles. The number of likely N-dealkylation sites (tertiary alicyclic amines) is 1. The number of carbonyl (C=O) groups is 1. The van der Waals surface area contributed by atoms with Crippen molar-refractivity contribution in [2.75, 3.05) is 19.7 Å². The molecule has 20 heavy (non-hydrogen) atoms. The molecule has 2 heterocycles. The van der Waals surface area contributed by atoms with Crippen LogP contribution in [0.1, 0.15) is 24.9 Å². The maximum atomic E-state index is 11.6. The van der Waals surface area contributed by atoms with Crippen molar-refractivity contribution in [3.05, 3.63) is 28.2 Å². The van der Waals surface area contributed by atoms with Crippen molar-refractivity contribution in [3.63, 3.8) is 0 Å². The summed E-state index contributed by atoms with van der Waals surface area (Å²) < 4.78 is 12.1. The van der Waals surface area contributed by atoms with Gasteiger partial charge in [0.15, 0.2) is 0 Å². The van der Waals surface area contributed by atoms with Gasteiger partial charge in [-0.15, -0.1) is 0 Å². The Hall–Kier alpha value is -1.27. The standard InChI is InChI=1S/C14H17BrN2O3/c1-2-19-13(18)17-7-14(8-17)6-11(16)10-5-9(15)3-4-12(10)20-14/h3-5,11H,2,6-8,16H2,1H3/t11-/m1/s1. The van der Waals surface area contributed by atoms with E-state index in [0.717, 1.165) is 15.8 Å². The van der Waals surface area contributed by atoms with Crippen molar-refractivity contribution in [2.45, 2.75) is 25.0 Å². The molecule has 0 bridgehead atoms. The fraction of sp³-hybridized carbons (Fsp3) is 0.500. The zero-order valence-electron chi connectivity index (χ0n) is 11.3. The lowest BCUT2D eigenvalue weighted by Gasteiger charge is -2.52. The third-order valence-corrected chi connectivity index (χ3v) is 4.27. The fourth-order valence-corrected chi connectivity index (χ4v) is 3.25. The lowest BCUT2D eigenvalue weighted by molar-refractivity contribution is -0.0858. The first-order valence-corrected chi connectivity index (χ1v) is 7.48. The molecule has 0 aliphatic carbocycles. The molecule has 1 saturated heterocycles. The molecule has 1 amide bonds. The van der Waals surface area contributed by atoms with Crippen molar-refractivity contribution in [2.24, 2.45) is 5.73 Å². The zero-order chi connectivity index (χ0) is 14.3. The van der Waals surface area contributed by atoms with Gasteiger partial charge in [0.25, 0.3) is 0 Å². The molecular formula is C14H17BrN2O3. The van der Waals surface area contributed by atoms with Gasteiger partial charge in [-0.3, -0.25) is 0 Å². The van der Waals surface area contributed by atoms with E-state index in [1.807, 2.05) is 18.2 Å². The summed E-state index contributed by atoms with van der Waals surface area (Å²) in [5, 5.41) is 0. The second-order valence-corrected chi connectivity index (χ2v) is 6.25. The Morgan fingerprint density at radius 3 is 3.05 bits per heavy atom. The summed E-state index contributed by atoms with van der Waals surface area (Å²) in [6.07, 6.45) is 0.434. The topological polar surface area (TPSA) is 64.8 Å². The van der Waals surface area contributed by atoms with E-state index >= 15 is 0 Å². The van der Waals surface area contributed by atoms with E-state index in [-0.39, 0.29) is 17.7 Å². The lowest BCUT2D eigenvalue weighted by Crippen LogP contribution is -2.68. The number of amides is 1. The van der Waals surface area contributed by atoms with Crippen LogP contribution in [0.3, 0.4) is 0 Å². The van der Waals surface area contributed by atoms with Gasteiger partial charge in [0.2, 0.25) is 0 Å². The largest absolute Gasteiger partial charge is 0.483 e. The third-order valence-electron chi connectivity index (χ3n) is 3.77. The van der Waals surface area contributed by atoms with E-state index in [1.54, 1.807) is 11.8 Å². The van der Waals surface area contributed by atoms with Crippen LogP contribution in [0.5, 0.6) is 5.75 Å². The normalized spacial score (nSPS) is 22.8. The molecule has 1 aromatic carbocycles. The minimum atomic E-state index is -0.354. The van der Waals surface area contributed by atoms with Gasteiger partial charge in [0.05, 0.1) is 19.7 Å². The maximum absolute atomic E-state index is 11.6. The summed E-state index contributed by atoms with van der Waals surface area (Å²) in [6.45, 7) is 3.26. The highest BCUT2D eigenvalue weighted by Crippen LogP contribution is 2.43. The average Bonchev–Trinajstić information content (AvgIpc) is 2.37. The Morgan fingerprint density at radius 1 is 1.60 bits per heavy atom. The number of rotatable bonds is 1. The van der Waals surface area contributed by atoms with Crippen LogP contribution in [-0.4, -0.2) is 36.3 Å². The molecule has 0 saturated carbocycles. The monoisotopic (exact) mass is 340 g/mol. The summed E-state index contributed by atoms with van der Waals surface area (Å²) in [5.74, 6) is 0.815. The number of hydrogen-bond donors (Lipinski definition) is 1. The van der Waals surface area contributed by atoms with Crippen LogP contribution in [0.25, 0.3) is 0 Å². The summed E-state index contributed by atoms with van der Waals surface area (Å²) in [6, 6.07) is 5.79. The first kappa shape index (κ1) is 13.7. The number of nitrogens with two attached hydrogens (primary N) is 1. The predicted octanol–water partition coefficient (Wildman–Crippen LogP) is 2.44. The Bertz CT molecular complexity index is 543. The van der Waals surface area contributed by atoms with Crippen molar-refractivity contribution >= 4 is 22.0 Å². The van der Waals surface area contributed by atoms with E-state index in [4.69, 9.17) is 15.2 Å². The van der Waals surface area contributed by atoms with Crippen molar-refractivity contribution < 1.29 is 14.3 Å². The lowest BCUT2D eigenvalue weighted by atomic mass is 9.82. The Kier molecular flexibility index (Phi) is 3.38. The number of ether oxygens (including phenoxy) is 2. The van der Waals surface area contributed by atoms with Crippen LogP contribution in [0.2, 0.25) is 0 Å². The van der Waals surface area contributed by atoms with Crippen LogP contribution < -0.4 is 10.5 Å². The van der Waals surface area contributed by atoms with E-state index in [9.17, 15) is 4.79 Å². The first-order chi connectivity index (χ1) is 9.53. The van der Waals surface area contributed by atoms with E-state index in [0.29, 0.717) is 26.1 Å². The smallest absolute Gasteiger partial charge is 0.410 e. The molecule has 0 unspecified atom stereocenters. The van der Waals surface area contributed by atoms with Crippen molar-refractivity contribution in [3.8, 4) is 5.75 Å². The Labute approximate surface area is 126 Å². The molecule has 6 heteroatoms. The highest BCUT2D eigenvalue weighted by molar-refractivity contribution is 9.10. The number of fused-ring (bicyclic) bond motifs is 1. The molecule has 1 spiro atoms. The van der Waals surface area contributed by atoms with Gasteiger partial charge in [0.1, 0.15) is 11.4 Å². The Balaban J connectivity index is 1.74. The number of benzene rings is 1. The minimum absolute atomic E-state index is 0.0689. The van der Waals surface area contributed by atoms with Crippen LogP contribution in [0.15, 0.2) is 22.7 Å². The average molecular weight is 341 g/mol. The van der Waals surface area contributed by atoms with Crippen LogP contribution in [0, 0.1) is 0 Å². The van der Waals surface area contributed by atoms with Gasteiger partial charge in [-0.25, -0.2) is 4.79 Å². The summed E-state index contributed by atoms with van der Waals surface area (Å²) in [5.41, 5.74) is 6.90. The number of carbonyl (C=O) groups excluding carboxylic acids is 1. The van der Waals surface area contributed by atoms with Gasteiger partial charge >= 0.3 is 6.09 Å². The number of hydrogen-bond acceptors (Lipinski definition) is 4. The highest BCUT2D eigenvalue weighted by Gasteiger charge is 2.51. The van der Waals surface area contributed by atoms with Crippen LogP contribution >= 0.6 is 15.9 Å². The van der Waals surface area contributed by atoms with Crippen molar-refractivity contribution in [1.29, 1.82) is 0 Å². The number of nitrogens with zero attached hydrogens (tertiary/aromatic N) is 1. The predicted molar refractivity (Wildman–Crippen MR) is 77.6 cm³/mol. The summed E-state index contributed by atoms with van der Waals surface area (Å²) in [4.78, 5) is 13.3. The molecule has 5 nitrogen and oxygen atoms in total. The second kappa shape index (κ2) is 4.93. The van der Waals surface area contributed by atoms with E-state index < -0.39 is 0 Å². The van der Waals surface area contributed by atoms with E-state index in [2.05, 4.69) is 15.9 Å². The minimum Gasteiger partial charge on any atom is -0.483 e. The van der Waals surface area contributed by atoms with Crippen molar-refractivity contribution in [1.82, 2.24) is 4.90 Å². The first-order valence-electron chi connectivity index (χ1n) is 6.69. The maximum Gasteiger partial charge on any atom is 0.410 e. The van der Waals surface area contributed by atoms with Gasteiger partial charge in [-0.2, -0.15) is 0 Å². The molecule has 1 fully saturated rings. The van der Waals surface area contributed by atoms with Gasteiger partial charge in [0, 0.05) is 22.5 Å². The Morgan fingerprint density at radius 2 is 2.35 bits per heavy atom. The molecule has 1 aromatic rings. The molecule has 0 aromatic heterocycles. The molecule has 2 aliphatic rings. The fourth-order valence-electron chi connectivity index (χ4n) is 2.87. The van der Waals surface area contributed by atoms with Gasteiger partial charge < -0.3 is 20.1 Å². The molecule has 1 atom stereocenters. The molecule has 108 valence electrons. The highest BCUT2D eigenvalue weighted by atomic mass is 79.9. The van der Waals surface area contributed by atoms with Gasteiger partial charge in [-0.1, -0.05) is 15.9 Å². The molecule has 3 rings (SSSR count). The third kappa shape index (κ3) is 2.27. The SMILES string of the molecule is CCOC(=O)N1CC2(C[C@@H](N)c3cc(Br)ccc3O2)C1. The quantitative estimate of drug-likeness (QED) is 0.852. The van der Waals surface area contributed by atoms with Gasteiger partial charge in [-0.05, 0) is 25.1 Å². The van der Waals surface area contributed by atoms with Crippen LogP contribution in [-0.2, 0) is 4.74 Å². The summed E-state index contributed by atoms with van der Waals surface area (Å²) in [7, 11) is 0. The number of halogens is 1.